The fraction of sp³-hybridized carbons (Fsp3) is 0.333. The maximum Gasteiger partial charge on any atom is 0.261 e. The lowest BCUT2D eigenvalue weighted by molar-refractivity contribution is 0.0651. The highest BCUT2D eigenvalue weighted by atomic mass is 16.2. The van der Waals surface area contributed by atoms with E-state index in [9.17, 15) is 14.4 Å². The normalized spacial score (nSPS) is 13.7. The van der Waals surface area contributed by atoms with Crippen molar-refractivity contribution < 1.29 is 14.4 Å². The second-order valence-corrected chi connectivity index (χ2v) is 7.38. The van der Waals surface area contributed by atoms with Gasteiger partial charge < -0.3 is 4.90 Å². The predicted molar refractivity (Wildman–Crippen MR) is 113 cm³/mol. The molecule has 0 spiro atoms. The van der Waals surface area contributed by atoms with E-state index in [1.165, 1.54) is 11.0 Å². The van der Waals surface area contributed by atoms with Gasteiger partial charge in [0.15, 0.2) is 0 Å². The molecule has 30 heavy (non-hydrogen) atoms. The highest BCUT2D eigenvalue weighted by Gasteiger charge is 2.36. The SMILES string of the molecule is CCCCN1C(=O)c2ccc(C(=O)N(CC)C(C)c3ccc(C#N)cc3)cc2C1=O. The number of amides is 3. The van der Waals surface area contributed by atoms with Crippen molar-refractivity contribution >= 4 is 17.7 Å². The Morgan fingerprint density at radius 3 is 2.33 bits per heavy atom. The zero-order valence-corrected chi connectivity index (χ0v) is 17.5. The standard InChI is InChI=1S/C24H25N3O3/c1-4-6-13-27-23(29)20-12-11-19(14-21(20)24(27)30)22(28)26(5-2)16(3)18-9-7-17(15-25)8-10-18/h7-12,14,16H,4-6,13H2,1-3H3. The Bertz CT molecular complexity index is 1020. The summed E-state index contributed by atoms with van der Waals surface area (Å²) in [4.78, 5) is 41.4. The first-order valence-corrected chi connectivity index (χ1v) is 10.2. The first-order valence-electron chi connectivity index (χ1n) is 10.2. The van der Waals surface area contributed by atoms with Crippen LogP contribution in [0, 0.1) is 11.3 Å². The molecule has 0 fully saturated rings. The summed E-state index contributed by atoms with van der Waals surface area (Å²) in [6.45, 7) is 6.70. The Hall–Kier alpha value is -3.46. The molecule has 154 valence electrons. The number of carbonyl (C=O) groups excluding carboxylic acids is 3. The molecule has 3 amide bonds. The van der Waals surface area contributed by atoms with Crippen LogP contribution in [0.1, 0.15) is 81.9 Å². The monoisotopic (exact) mass is 403 g/mol. The second-order valence-electron chi connectivity index (χ2n) is 7.38. The largest absolute Gasteiger partial charge is 0.332 e. The van der Waals surface area contributed by atoms with Crippen LogP contribution in [0.25, 0.3) is 0 Å². The fourth-order valence-electron chi connectivity index (χ4n) is 3.72. The molecule has 0 bridgehead atoms. The summed E-state index contributed by atoms with van der Waals surface area (Å²) in [5.74, 6) is -0.827. The van der Waals surface area contributed by atoms with Crippen molar-refractivity contribution in [1.29, 1.82) is 5.26 Å². The molecule has 0 saturated carbocycles. The second kappa shape index (κ2) is 8.91. The van der Waals surface area contributed by atoms with Gasteiger partial charge in [-0.3, -0.25) is 19.3 Å². The van der Waals surface area contributed by atoms with Gasteiger partial charge in [0.2, 0.25) is 0 Å². The number of imide groups is 1. The van der Waals surface area contributed by atoms with E-state index < -0.39 is 0 Å². The Morgan fingerprint density at radius 1 is 1.07 bits per heavy atom. The molecule has 0 N–H and O–H groups in total. The lowest BCUT2D eigenvalue weighted by Crippen LogP contribution is -2.33. The number of unbranched alkanes of at least 4 members (excludes halogenated alkanes) is 1. The van der Waals surface area contributed by atoms with Crippen molar-refractivity contribution in [2.24, 2.45) is 0 Å². The van der Waals surface area contributed by atoms with Gasteiger partial charge in [0.25, 0.3) is 17.7 Å². The number of nitriles is 1. The van der Waals surface area contributed by atoms with E-state index in [1.807, 2.05) is 32.9 Å². The predicted octanol–water partition coefficient (Wildman–Crippen LogP) is 4.18. The first-order chi connectivity index (χ1) is 14.4. The Labute approximate surface area is 176 Å². The number of hydrogen-bond donors (Lipinski definition) is 0. The molecule has 1 aliphatic heterocycles. The molecule has 0 aromatic heterocycles. The molecular weight excluding hydrogens is 378 g/mol. The van der Waals surface area contributed by atoms with Crippen molar-refractivity contribution in [1.82, 2.24) is 9.80 Å². The maximum atomic E-state index is 13.2. The summed E-state index contributed by atoms with van der Waals surface area (Å²) >= 11 is 0. The van der Waals surface area contributed by atoms with Gasteiger partial charge in [-0.2, -0.15) is 5.26 Å². The highest BCUT2D eigenvalue weighted by molar-refractivity contribution is 6.22. The van der Waals surface area contributed by atoms with E-state index in [-0.39, 0.29) is 23.8 Å². The van der Waals surface area contributed by atoms with Crippen molar-refractivity contribution in [3.05, 3.63) is 70.3 Å². The molecule has 1 aliphatic rings. The number of fused-ring (bicyclic) bond motifs is 1. The zero-order valence-electron chi connectivity index (χ0n) is 17.5. The number of carbonyl (C=O) groups is 3. The Balaban J connectivity index is 1.86. The van der Waals surface area contributed by atoms with Crippen molar-refractivity contribution in [2.45, 2.75) is 39.7 Å². The topological polar surface area (TPSA) is 81.5 Å². The van der Waals surface area contributed by atoms with Crippen LogP contribution in [0.15, 0.2) is 42.5 Å². The van der Waals surface area contributed by atoms with E-state index in [0.29, 0.717) is 35.3 Å². The number of nitrogens with zero attached hydrogens (tertiary/aromatic N) is 3. The average Bonchev–Trinajstić information content (AvgIpc) is 3.01. The molecule has 0 radical (unpaired) electrons. The van der Waals surface area contributed by atoms with E-state index in [0.717, 1.165) is 18.4 Å². The van der Waals surface area contributed by atoms with E-state index >= 15 is 0 Å². The Kier molecular flexibility index (Phi) is 6.31. The molecular formula is C24H25N3O3. The van der Waals surface area contributed by atoms with Crippen LogP contribution in [-0.2, 0) is 0 Å². The van der Waals surface area contributed by atoms with Gasteiger partial charge in [-0.25, -0.2) is 0 Å². The molecule has 3 rings (SSSR count). The van der Waals surface area contributed by atoms with Gasteiger partial charge in [0.1, 0.15) is 0 Å². The van der Waals surface area contributed by atoms with Gasteiger partial charge >= 0.3 is 0 Å². The number of benzene rings is 2. The molecule has 0 saturated heterocycles. The van der Waals surface area contributed by atoms with Crippen LogP contribution in [0.5, 0.6) is 0 Å². The minimum atomic E-state index is -0.332. The van der Waals surface area contributed by atoms with Crippen LogP contribution in [0.3, 0.4) is 0 Å². The van der Waals surface area contributed by atoms with Crippen LogP contribution in [0.4, 0.5) is 0 Å². The quantitative estimate of drug-likeness (QED) is 0.650. The summed E-state index contributed by atoms with van der Waals surface area (Å²) < 4.78 is 0. The molecule has 2 aromatic rings. The van der Waals surface area contributed by atoms with Crippen LogP contribution < -0.4 is 0 Å². The minimum absolute atomic E-state index is 0.204. The van der Waals surface area contributed by atoms with Gasteiger partial charge in [0, 0.05) is 18.7 Å². The van der Waals surface area contributed by atoms with Crippen molar-refractivity contribution in [3.8, 4) is 6.07 Å². The van der Waals surface area contributed by atoms with Crippen molar-refractivity contribution in [2.75, 3.05) is 13.1 Å². The van der Waals surface area contributed by atoms with Crippen LogP contribution in [0.2, 0.25) is 0 Å². The molecule has 1 heterocycles. The summed E-state index contributed by atoms with van der Waals surface area (Å²) in [5.41, 5.74) is 2.52. The molecule has 1 unspecified atom stereocenters. The number of hydrogen-bond acceptors (Lipinski definition) is 4. The van der Waals surface area contributed by atoms with E-state index in [1.54, 1.807) is 29.2 Å². The highest BCUT2D eigenvalue weighted by Crippen LogP contribution is 2.27. The molecule has 0 aliphatic carbocycles. The third-order valence-electron chi connectivity index (χ3n) is 5.54. The summed E-state index contributed by atoms with van der Waals surface area (Å²) in [6, 6.07) is 13.8. The fourth-order valence-corrected chi connectivity index (χ4v) is 3.72. The molecule has 6 heteroatoms. The lowest BCUT2D eigenvalue weighted by Gasteiger charge is -2.28. The molecule has 6 nitrogen and oxygen atoms in total. The van der Waals surface area contributed by atoms with Gasteiger partial charge in [-0.1, -0.05) is 25.5 Å². The third-order valence-corrected chi connectivity index (χ3v) is 5.54. The van der Waals surface area contributed by atoms with Crippen LogP contribution in [-0.4, -0.2) is 40.6 Å². The number of rotatable bonds is 7. The van der Waals surface area contributed by atoms with Gasteiger partial charge in [-0.15, -0.1) is 0 Å². The van der Waals surface area contributed by atoms with Gasteiger partial charge in [0.05, 0.1) is 28.8 Å². The lowest BCUT2D eigenvalue weighted by atomic mass is 10.0. The third kappa shape index (κ3) is 3.84. The average molecular weight is 403 g/mol. The van der Waals surface area contributed by atoms with Crippen molar-refractivity contribution in [3.63, 3.8) is 0 Å². The molecule has 1 atom stereocenters. The summed E-state index contributed by atoms with van der Waals surface area (Å²) in [5, 5.41) is 8.97. The van der Waals surface area contributed by atoms with E-state index in [2.05, 4.69) is 6.07 Å². The smallest absolute Gasteiger partial charge is 0.261 e. The zero-order chi connectivity index (χ0) is 21.8. The summed E-state index contributed by atoms with van der Waals surface area (Å²) in [6.07, 6.45) is 1.64. The summed E-state index contributed by atoms with van der Waals surface area (Å²) in [7, 11) is 0. The Morgan fingerprint density at radius 2 is 1.73 bits per heavy atom. The van der Waals surface area contributed by atoms with Gasteiger partial charge in [-0.05, 0) is 56.2 Å². The van der Waals surface area contributed by atoms with E-state index in [4.69, 9.17) is 5.26 Å². The van der Waals surface area contributed by atoms with Crippen LogP contribution >= 0.6 is 0 Å². The molecule has 2 aromatic carbocycles. The maximum absolute atomic E-state index is 13.2. The first kappa shape index (κ1) is 21.3. The minimum Gasteiger partial charge on any atom is -0.332 e.